The lowest BCUT2D eigenvalue weighted by Crippen LogP contribution is -2.35. The van der Waals surface area contributed by atoms with Crippen LogP contribution < -0.4 is 10.2 Å². The standard InChI is InChI=1S/C19H27N3O2/c23-18-9-6-13-22(18)17-8-5-7-16(15-17)19(24)20-10-14-21-11-3-1-2-4-12-21/h5,7-8,15H,1-4,6,9-14H2,(H,20,24). The second-order valence-electron chi connectivity index (χ2n) is 6.71. The quantitative estimate of drug-likeness (QED) is 0.902. The predicted molar refractivity (Wildman–Crippen MR) is 95.3 cm³/mol. The monoisotopic (exact) mass is 329 g/mol. The van der Waals surface area contributed by atoms with Crippen molar-refractivity contribution in [2.75, 3.05) is 37.6 Å². The first kappa shape index (κ1) is 17.0. The third-order valence-electron chi connectivity index (χ3n) is 4.91. The molecule has 0 saturated carbocycles. The van der Waals surface area contributed by atoms with Crippen LogP contribution in [0.5, 0.6) is 0 Å². The van der Waals surface area contributed by atoms with Crippen molar-refractivity contribution in [2.45, 2.75) is 38.5 Å². The Bertz CT molecular complexity index is 580. The topological polar surface area (TPSA) is 52.7 Å². The molecule has 0 unspecified atom stereocenters. The van der Waals surface area contributed by atoms with Crippen LogP contribution in [0.3, 0.4) is 0 Å². The van der Waals surface area contributed by atoms with E-state index >= 15 is 0 Å². The van der Waals surface area contributed by atoms with Crippen molar-refractivity contribution in [1.29, 1.82) is 0 Å². The van der Waals surface area contributed by atoms with Gasteiger partial charge in [-0.25, -0.2) is 0 Å². The van der Waals surface area contributed by atoms with Crippen LogP contribution in [0.1, 0.15) is 48.9 Å². The van der Waals surface area contributed by atoms with Gasteiger partial charge in [0, 0.05) is 37.3 Å². The van der Waals surface area contributed by atoms with Crippen LogP contribution in [0.15, 0.2) is 24.3 Å². The summed E-state index contributed by atoms with van der Waals surface area (Å²) in [6, 6.07) is 7.39. The lowest BCUT2D eigenvalue weighted by Gasteiger charge is -2.20. The van der Waals surface area contributed by atoms with Crippen molar-refractivity contribution in [3.05, 3.63) is 29.8 Å². The molecule has 130 valence electrons. The van der Waals surface area contributed by atoms with Gasteiger partial charge in [-0.15, -0.1) is 0 Å². The Morgan fingerprint density at radius 2 is 1.83 bits per heavy atom. The smallest absolute Gasteiger partial charge is 0.251 e. The molecule has 5 nitrogen and oxygen atoms in total. The summed E-state index contributed by atoms with van der Waals surface area (Å²) in [6.45, 7) is 4.62. The summed E-state index contributed by atoms with van der Waals surface area (Å²) in [7, 11) is 0. The van der Waals surface area contributed by atoms with E-state index in [1.54, 1.807) is 4.90 Å². The van der Waals surface area contributed by atoms with E-state index in [0.717, 1.165) is 38.3 Å². The van der Waals surface area contributed by atoms with Gasteiger partial charge in [-0.1, -0.05) is 18.9 Å². The largest absolute Gasteiger partial charge is 0.351 e. The van der Waals surface area contributed by atoms with Gasteiger partial charge in [0.15, 0.2) is 0 Å². The molecule has 2 saturated heterocycles. The molecule has 5 heteroatoms. The lowest BCUT2D eigenvalue weighted by atomic mass is 10.1. The molecular formula is C19H27N3O2. The summed E-state index contributed by atoms with van der Waals surface area (Å²) >= 11 is 0. The molecule has 0 atom stereocenters. The maximum atomic E-state index is 12.4. The maximum absolute atomic E-state index is 12.4. The second kappa shape index (κ2) is 8.29. The molecule has 1 aromatic rings. The van der Waals surface area contributed by atoms with Crippen LogP contribution in [0.4, 0.5) is 5.69 Å². The fraction of sp³-hybridized carbons (Fsp3) is 0.579. The SMILES string of the molecule is O=C(NCCN1CCCCCC1)c1cccc(N2CCCC2=O)c1. The normalized spacial score (nSPS) is 19.3. The summed E-state index contributed by atoms with van der Waals surface area (Å²) < 4.78 is 0. The number of carbonyl (C=O) groups excluding carboxylic acids is 2. The molecule has 2 heterocycles. The molecule has 24 heavy (non-hydrogen) atoms. The minimum Gasteiger partial charge on any atom is -0.351 e. The molecule has 0 radical (unpaired) electrons. The molecule has 2 aliphatic rings. The van der Waals surface area contributed by atoms with Gasteiger partial charge < -0.3 is 15.1 Å². The van der Waals surface area contributed by atoms with E-state index in [1.165, 1.54) is 25.7 Å². The van der Waals surface area contributed by atoms with Crippen LogP contribution in [-0.2, 0) is 4.79 Å². The minimum absolute atomic E-state index is 0.0571. The van der Waals surface area contributed by atoms with Crippen molar-refractivity contribution < 1.29 is 9.59 Å². The first-order chi connectivity index (χ1) is 11.7. The fourth-order valence-corrected chi connectivity index (χ4v) is 3.53. The number of likely N-dealkylation sites (tertiary alicyclic amines) is 1. The van der Waals surface area contributed by atoms with Crippen molar-refractivity contribution >= 4 is 17.5 Å². The number of rotatable bonds is 5. The molecule has 3 rings (SSSR count). The minimum atomic E-state index is -0.0571. The Hall–Kier alpha value is -1.88. The Kier molecular flexibility index (Phi) is 5.86. The van der Waals surface area contributed by atoms with Gasteiger partial charge >= 0.3 is 0 Å². The van der Waals surface area contributed by atoms with Gasteiger partial charge in [-0.3, -0.25) is 9.59 Å². The highest BCUT2D eigenvalue weighted by Gasteiger charge is 2.22. The van der Waals surface area contributed by atoms with Crippen molar-refractivity contribution in [3.63, 3.8) is 0 Å². The van der Waals surface area contributed by atoms with Crippen LogP contribution in [0.25, 0.3) is 0 Å². The molecule has 2 fully saturated rings. The summed E-state index contributed by atoms with van der Waals surface area (Å²) in [5.74, 6) is 0.0899. The Morgan fingerprint density at radius 1 is 1.04 bits per heavy atom. The van der Waals surface area contributed by atoms with Crippen molar-refractivity contribution in [2.24, 2.45) is 0 Å². The highest BCUT2D eigenvalue weighted by atomic mass is 16.2. The Balaban J connectivity index is 1.52. The number of hydrogen-bond acceptors (Lipinski definition) is 3. The highest BCUT2D eigenvalue weighted by molar-refractivity contribution is 5.99. The molecule has 2 amide bonds. The van der Waals surface area contributed by atoms with Gasteiger partial charge in [0.2, 0.25) is 5.91 Å². The van der Waals surface area contributed by atoms with E-state index in [2.05, 4.69) is 10.2 Å². The van der Waals surface area contributed by atoms with Gasteiger partial charge in [0.1, 0.15) is 0 Å². The molecule has 0 spiro atoms. The van der Waals surface area contributed by atoms with Crippen molar-refractivity contribution in [1.82, 2.24) is 10.2 Å². The second-order valence-corrected chi connectivity index (χ2v) is 6.71. The zero-order valence-corrected chi connectivity index (χ0v) is 14.3. The first-order valence-electron chi connectivity index (χ1n) is 9.15. The molecule has 1 N–H and O–H groups in total. The zero-order chi connectivity index (χ0) is 16.8. The number of anilines is 1. The number of benzene rings is 1. The Morgan fingerprint density at radius 3 is 2.54 bits per heavy atom. The molecular weight excluding hydrogens is 302 g/mol. The average molecular weight is 329 g/mol. The van der Waals surface area contributed by atoms with E-state index in [4.69, 9.17) is 0 Å². The van der Waals surface area contributed by atoms with Crippen LogP contribution >= 0.6 is 0 Å². The number of hydrogen-bond donors (Lipinski definition) is 1. The van der Waals surface area contributed by atoms with E-state index in [1.807, 2.05) is 24.3 Å². The third kappa shape index (κ3) is 4.35. The molecule has 0 aromatic heterocycles. The number of carbonyl (C=O) groups is 2. The first-order valence-corrected chi connectivity index (χ1v) is 9.15. The van der Waals surface area contributed by atoms with Gasteiger partial charge in [0.25, 0.3) is 5.91 Å². The van der Waals surface area contributed by atoms with Crippen LogP contribution in [0, 0.1) is 0 Å². The maximum Gasteiger partial charge on any atom is 0.251 e. The van der Waals surface area contributed by atoms with E-state index in [0.29, 0.717) is 18.5 Å². The molecule has 0 bridgehead atoms. The summed E-state index contributed by atoms with van der Waals surface area (Å²) in [6.07, 6.45) is 6.67. The highest BCUT2D eigenvalue weighted by Crippen LogP contribution is 2.22. The Labute approximate surface area is 144 Å². The van der Waals surface area contributed by atoms with Crippen LogP contribution in [0.2, 0.25) is 0 Å². The van der Waals surface area contributed by atoms with Crippen LogP contribution in [-0.4, -0.2) is 49.4 Å². The summed E-state index contributed by atoms with van der Waals surface area (Å²) in [5, 5.41) is 3.01. The van der Waals surface area contributed by atoms with Gasteiger partial charge in [-0.05, 0) is 50.6 Å². The predicted octanol–water partition coefficient (Wildman–Crippen LogP) is 2.42. The number of nitrogens with one attached hydrogen (secondary N) is 1. The van der Waals surface area contributed by atoms with Gasteiger partial charge in [-0.2, -0.15) is 0 Å². The van der Waals surface area contributed by atoms with Gasteiger partial charge in [0.05, 0.1) is 0 Å². The van der Waals surface area contributed by atoms with E-state index in [9.17, 15) is 9.59 Å². The average Bonchev–Trinajstić information content (AvgIpc) is 2.86. The fourth-order valence-electron chi connectivity index (χ4n) is 3.53. The third-order valence-corrected chi connectivity index (χ3v) is 4.91. The molecule has 0 aliphatic carbocycles. The number of nitrogens with zero attached hydrogens (tertiary/aromatic N) is 2. The molecule has 2 aliphatic heterocycles. The van der Waals surface area contributed by atoms with E-state index < -0.39 is 0 Å². The summed E-state index contributed by atoms with van der Waals surface area (Å²) in [5.41, 5.74) is 1.46. The summed E-state index contributed by atoms with van der Waals surface area (Å²) in [4.78, 5) is 28.4. The number of amides is 2. The lowest BCUT2D eigenvalue weighted by molar-refractivity contribution is -0.117. The molecule has 1 aromatic carbocycles. The van der Waals surface area contributed by atoms with Crippen molar-refractivity contribution in [3.8, 4) is 0 Å². The van der Waals surface area contributed by atoms with E-state index in [-0.39, 0.29) is 11.8 Å². The zero-order valence-electron chi connectivity index (χ0n) is 14.3.